The summed E-state index contributed by atoms with van der Waals surface area (Å²) in [5.74, 6) is 0.0435. The maximum atomic E-state index is 13.6. The number of aromatic nitrogens is 1. The van der Waals surface area contributed by atoms with Gasteiger partial charge in [-0.05, 0) is 81.0 Å². The van der Waals surface area contributed by atoms with E-state index in [9.17, 15) is 14.7 Å². The van der Waals surface area contributed by atoms with Crippen LogP contribution in [0.1, 0.15) is 56.2 Å². The minimum Gasteiger partial charge on any atom is -0.465 e. The molecular weight excluding hydrogens is 392 g/mol. The van der Waals surface area contributed by atoms with Gasteiger partial charge in [-0.2, -0.15) is 5.26 Å². The zero-order valence-corrected chi connectivity index (χ0v) is 17.8. The summed E-state index contributed by atoms with van der Waals surface area (Å²) in [6.45, 7) is 1.23. The van der Waals surface area contributed by atoms with Crippen LogP contribution < -0.4 is 5.32 Å². The van der Waals surface area contributed by atoms with Crippen LogP contribution in [0.15, 0.2) is 24.3 Å². The van der Waals surface area contributed by atoms with Crippen molar-refractivity contribution in [3.63, 3.8) is 0 Å². The Hall–Kier alpha value is -2.85. The van der Waals surface area contributed by atoms with E-state index >= 15 is 0 Å². The fraction of sp³-hybridized carbons (Fsp3) is 0.542. The van der Waals surface area contributed by atoms with Gasteiger partial charge in [0.15, 0.2) is 5.78 Å². The molecule has 1 amide bonds. The summed E-state index contributed by atoms with van der Waals surface area (Å²) in [7, 11) is 0. The molecule has 0 saturated carbocycles. The third-order valence-corrected chi connectivity index (χ3v) is 6.86. The van der Waals surface area contributed by atoms with Crippen molar-refractivity contribution in [2.24, 2.45) is 0 Å². The molecule has 31 heavy (non-hydrogen) atoms. The van der Waals surface area contributed by atoms with Crippen molar-refractivity contribution >= 4 is 22.8 Å². The lowest BCUT2D eigenvalue weighted by Gasteiger charge is -2.40. The average molecular weight is 423 g/mol. The predicted molar refractivity (Wildman–Crippen MR) is 118 cm³/mol. The van der Waals surface area contributed by atoms with Gasteiger partial charge in [-0.15, -0.1) is 0 Å². The summed E-state index contributed by atoms with van der Waals surface area (Å²) in [6.07, 6.45) is 5.77. The zero-order valence-electron chi connectivity index (χ0n) is 17.8. The Morgan fingerprint density at radius 2 is 2.10 bits per heavy atom. The number of amides is 1. The van der Waals surface area contributed by atoms with Crippen molar-refractivity contribution in [2.75, 3.05) is 13.1 Å². The first-order valence-corrected chi connectivity index (χ1v) is 11.3. The van der Waals surface area contributed by atoms with Crippen molar-refractivity contribution in [1.29, 1.82) is 5.26 Å². The van der Waals surface area contributed by atoms with E-state index in [2.05, 4.69) is 40.6 Å². The molecule has 1 unspecified atom stereocenters. The fourth-order valence-corrected chi connectivity index (χ4v) is 5.17. The van der Waals surface area contributed by atoms with Crippen LogP contribution in [0.25, 0.3) is 10.9 Å². The molecule has 2 fully saturated rings. The highest BCUT2D eigenvalue weighted by molar-refractivity contribution is 5.95. The minimum absolute atomic E-state index is 0.0435. The largest absolute Gasteiger partial charge is 0.465 e. The second-order valence-corrected chi connectivity index (χ2v) is 8.84. The van der Waals surface area contributed by atoms with E-state index in [1.807, 2.05) is 0 Å². The average Bonchev–Trinajstić information content (AvgIpc) is 3.43. The fourth-order valence-electron chi connectivity index (χ4n) is 5.17. The summed E-state index contributed by atoms with van der Waals surface area (Å²) in [5, 5.41) is 22.9. The number of fused-ring (bicyclic) bond motifs is 1. The highest BCUT2D eigenvalue weighted by Crippen LogP contribution is 2.32. The van der Waals surface area contributed by atoms with Gasteiger partial charge in [0.05, 0.1) is 17.6 Å². The quantitative estimate of drug-likeness (QED) is 0.629. The number of nitriles is 1. The Kier molecular flexibility index (Phi) is 6.28. The molecule has 0 spiro atoms. The molecule has 3 heterocycles. The van der Waals surface area contributed by atoms with Crippen molar-refractivity contribution in [2.45, 2.75) is 69.4 Å². The van der Waals surface area contributed by atoms with Gasteiger partial charge in [-0.1, -0.05) is 12.1 Å². The third kappa shape index (κ3) is 4.45. The Balaban J connectivity index is 1.51. The third-order valence-electron chi connectivity index (χ3n) is 6.86. The van der Waals surface area contributed by atoms with Crippen LogP contribution in [0, 0.1) is 11.3 Å². The second-order valence-electron chi connectivity index (χ2n) is 8.84. The molecule has 2 aromatic rings. The number of H-pyrrole nitrogens is 1. The molecule has 1 aromatic carbocycles. The molecule has 0 radical (unpaired) electrons. The van der Waals surface area contributed by atoms with Crippen molar-refractivity contribution in [1.82, 2.24) is 15.2 Å². The summed E-state index contributed by atoms with van der Waals surface area (Å²) in [4.78, 5) is 30.0. The molecular formula is C24H30N4O3. The lowest BCUT2D eigenvalue weighted by atomic mass is 9.77. The summed E-state index contributed by atoms with van der Waals surface area (Å²) < 4.78 is 0. The molecule has 0 aliphatic carbocycles. The van der Waals surface area contributed by atoms with Gasteiger partial charge < -0.3 is 15.4 Å². The maximum Gasteiger partial charge on any atom is 0.407 e. The molecule has 4 rings (SSSR count). The number of carbonyl (C=O) groups excluding carboxylic acids is 1. The molecule has 2 aliphatic rings. The summed E-state index contributed by atoms with van der Waals surface area (Å²) in [5.41, 5.74) is 2.61. The predicted octanol–water partition coefficient (Wildman–Crippen LogP) is 3.78. The van der Waals surface area contributed by atoms with E-state index in [1.54, 1.807) is 0 Å². The second kappa shape index (κ2) is 9.11. The van der Waals surface area contributed by atoms with E-state index in [1.165, 1.54) is 4.90 Å². The standard InChI is InChI=1S/C24H30N4O3/c25-12-3-5-17-7-8-18-16-19(27-20(18)15-17)9-11-24(10-1-2-13-26-24)22(29)21-6-4-14-28(21)23(30)31/h7-8,15-16,21,26-27H,1-6,9-11,13-14H2,(H,30,31)/t21-,24?/m1/s1. The molecule has 0 bridgehead atoms. The van der Waals surface area contributed by atoms with Crippen LogP contribution in [0.4, 0.5) is 4.79 Å². The van der Waals surface area contributed by atoms with Gasteiger partial charge in [-0.25, -0.2) is 4.79 Å². The molecule has 2 aliphatic heterocycles. The molecule has 2 atom stereocenters. The van der Waals surface area contributed by atoms with Crippen LogP contribution in [-0.2, 0) is 17.6 Å². The Morgan fingerprint density at radius 1 is 1.23 bits per heavy atom. The van der Waals surface area contributed by atoms with Crippen molar-refractivity contribution < 1.29 is 14.7 Å². The van der Waals surface area contributed by atoms with E-state index in [0.717, 1.165) is 67.2 Å². The van der Waals surface area contributed by atoms with Crippen LogP contribution in [-0.4, -0.2) is 51.5 Å². The Morgan fingerprint density at radius 3 is 2.84 bits per heavy atom. The number of piperidine rings is 1. The number of hydrogen-bond donors (Lipinski definition) is 3. The van der Waals surface area contributed by atoms with Gasteiger partial charge in [0, 0.05) is 24.2 Å². The van der Waals surface area contributed by atoms with E-state index in [0.29, 0.717) is 25.8 Å². The first kappa shape index (κ1) is 21.4. The number of nitrogens with zero attached hydrogens (tertiary/aromatic N) is 2. The molecule has 3 N–H and O–H groups in total. The number of carbonyl (C=O) groups is 2. The van der Waals surface area contributed by atoms with E-state index < -0.39 is 17.7 Å². The highest BCUT2D eigenvalue weighted by atomic mass is 16.4. The molecule has 1 aromatic heterocycles. The number of ketones is 1. The number of nitrogens with one attached hydrogen (secondary N) is 2. The van der Waals surface area contributed by atoms with Gasteiger partial charge in [-0.3, -0.25) is 9.69 Å². The number of benzene rings is 1. The highest BCUT2D eigenvalue weighted by Gasteiger charge is 2.46. The topological polar surface area (TPSA) is 109 Å². The number of aromatic amines is 1. The van der Waals surface area contributed by atoms with Gasteiger partial charge in [0.1, 0.15) is 0 Å². The lowest BCUT2D eigenvalue weighted by Crippen LogP contribution is -2.60. The number of aryl methyl sites for hydroxylation is 2. The molecule has 2 saturated heterocycles. The van der Waals surface area contributed by atoms with E-state index in [-0.39, 0.29) is 5.78 Å². The monoisotopic (exact) mass is 422 g/mol. The number of Topliss-reactive ketones (excluding diaryl/α,β-unsaturated/α-hetero) is 1. The van der Waals surface area contributed by atoms with Crippen LogP contribution in [0.5, 0.6) is 0 Å². The smallest absolute Gasteiger partial charge is 0.407 e. The minimum atomic E-state index is -0.996. The first-order chi connectivity index (χ1) is 15.0. The molecule has 7 nitrogen and oxygen atoms in total. The van der Waals surface area contributed by atoms with Gasteiger partial charge >= 0.3 is 6.09 Å². The zero-order chi connectivity index (χ0) is 21.8. The molecule has 7 heteroatoms. The summed E-state index contributed by atoms with van der Waals surface area (Å²) >= 11 is 0. The molecule has 164 valence electrons. The number of hydrogen-bond acceptors (Lipinski definition) is 4. The Labute approximate surface area is 182 Å². The lowest BCUT2D eigenvalue weighted by molar-refractivity contribution is -0.130. The number of carboxylic acid groups (broad SMARTS) is 1. The SMILES string of the molecule is N#CCCc1ccc2cc(CCC3(C(=O)[C@H]4CCCN4C(=O)O)CCCCN3)[nH]c2c1. The van der Waals surface area contributed by atoms with Gasteiger partial charge in [0.25, 0.3) is 0 Å². The van der Waals surface area contributed by atoms with Crippen LogP contribution >= 0.6 is 0 Å². The summed E-state index contributed by atoms with van der Waals surface area (Å²) in [6, 6.07) is 10.0. The van der Waals surface area contributed by atoms with E-state index in [4.69, 9.17) is 5.26 Å². The van der Waals surface area contributed by atoms with Crippen molar-refractivity contribution in [3.05, 3.63) is 35.5 Å². The van der Waals surface area contributed by atoms with Crippen molar-refractivity contribution in [3.8, 4) is 6.07 Å². The first-order valence-electron chi connectivity index (χ1n) is 11.3. The number of rotatable bonds is 7. The Bertz CT molecular complexity index is 1000. The van der Waals surface area contributed by atoms with Gasteiger partial charge in [0.2, 0.25) is 0 Å². The normalized spacial score (nSPS) is 23.7. The van der Waals surface area contributed by atoms with Crippen LogP contribution in [0.2, 0.25) is 0 Å². The van der Waals surface area contributed by atoms with Crippen LogP contribution in [0.3, 0.4) is 0 Å². The number of likely N-dealkylation sites (tertiary alicyclic amines) is 1. The maximum absolute atomic E-state index is 13.6.